The third-order valence-electron chi connectivity index (χ3n) is 3.23. The van der Waals surface area contributed by atoms with Crippen LogP contribution in [0.1, 0.15) is 28.4 Å². The van der Waals surface area contributed by atoms with Gasteiger partial charge in [-0.2, -0.15) is 5.10 Å². The number of anilines is 1. The highest BCUT2D eigenvalue weighted by Crippen LogP contribution is 2.27. The van der Waals surface area contributed by atoms with Crippen molar-refractivity contribution in [3.63, 3.8) is 0 Å². The summed E-state index contributed by atoms with van der Waals surface area (Å²) in [6.45, 7) is 6.39. The Balaban J connectivity index is 1.93. The number of nitrogens with one attached hydrogen (secondary N) is 2. The van der Waals surface area contributed by atoms with E-state index < -0.39 is 0 Å². The lowest BCUT2D eigenvalue weighted by Gasteiger charge is -2.11. The van der Waals surface area contributed by atoms with Gasteiger partial charge in [-0.25, -0.2) is 14.5 Å². The molecule has 0 saturated heterocycles. The summed E-state index contributed by atoms with van der Waals surface area (Å²) in [5, 5.41) is 10.9. The molecular weight excluding hydrogens is 302 g/mol. The fourth-order valence-corrected chi connectivity index (χ4v) is 2.93. The first-order valence-electron chi connectivity index (χ1n) is 6.97. The van der Waals surface area contributed by atoms with Crippen LogP contribution in [0.5, 0.6) is 5.88 Å². The van der Waals surface area contributed by atoms with Gasteiger partial charge in [-0.15, -0.1) is 11.3 Å². The van der Waals surface area contributed by atoms with Gasteiger partial charge in [0, 0.05) is 30.6 Å². The number of methoxy groups -OCH3 is 1. The van der Waals surface area contributed by atoms with Gasteiger partial charge in [-0.1, -0.05) is 6.92 Å². The van der Waals surface area contributed by atoms with E-state index in [4.69, 9.17) is 4.74 Å². The molecule has 2 heterocycles. The second-order valence-corrected chi connectivity index (χ2v) is 6.40. The maximum Gasteiger partial charge on any atom is 0.319 e. The van der Waals surface area contributed by atoms with Gasteiger partial charge in [0.15, 0.2) is 0 Å². The van der Waals surface area contributed by atoms with Gasteiger partial charge in [0.05, 0.1) is 17.8 Å². The molecule has 0 aliphatic heterocycles. The molecule has 0 aliphatic rings. The Kier molecular flexibility index (Phi) is 5.02. The quantitative estimate of drug-likeness (QED) is 0.885. The zero-order chi connectivity index (χ0) is 16.3. The summed E-state index contributed by atoms with van der Waals surface area (Å²) < 4.78 is 6.83. The van der Waals surface area contributed by atoms with Crippen molar-refractivity contribution in [2.45, 2.75) is 26.7 Å². The van der Waals surface area contributed by atoms with Crippen molar-refractivity contribution in [1.29, 1.82) is 0 Å². The molecule has 0 aromatic carbocycles. The molecule has 2 aromatic rings. The molecule has 0 radical (unpaired) electrons. The van der Waals surface area contributed by atoms with Crippen LogP contribution in [0, 0.1) is 13.8 Å². The third kappa shape index (κ3) is 3.56. The monoisotopic (exact) mass is 323 g/mol. The van der Waals surface area contributed by atoms with Crippen LogP contribution in [0.3, 0.4) is 0 Å². The van der Waals surface area contributed by atoms with E-state index in [0.29, 0.717) is 23.8 Å². The Hall–Kier alpha value is -2.09. The molecule has 8 heteroatoms. The van der Waals surface area contributed by atoms with E-state index in [0.717, 1.165) is 5.01 Å². The number of carbonyl (C=O) groups excluding carboxylic acids is 1. The van der Waals surface area contributed by atoms with E-state index >= 15 is 0 Å². The molecule has 0 bridgehead atoms. The molecule has 0 spiro atoms. The molecule has 2 N–H and O–H groups in total. The normalized spacial score (nSPS) is 12.0. The van der Waals surface area contributed by atoms with Crippen molar-refractivity contribution < 1.29 is 9.53 Å². The molecule has 1 atom stereocenters. The maximum atomic E-state index is 12.1. The van der Waals surface area contributed by atoms with Crippen LogP contribution in [0.4, 0.5) is 10.5 Å². The average Bonchev–Trinajstić information content (AvgIpc) is 3.01. The average molecular weight is 323 g/mol. The van der Waals surface area contributed by atoms with Crippen molar-refractivity contribution in [1.82, 2.24) is 20.1 Å². The lowest BCUT2D eigenvalue weighted by Crippen LogP contribution is -2.32. The number of aryl methyl sites for hydroxylation is 3. The number of hydrogen-bond acceptors (Lipinski definition) is 5. The minimum absolute atomic E-state index is 0.168. The zero-order valence-electron chi connectivity index (χ0n) is 13.4. The zero-order valence-corrected chi connectivity index (χ0v) is 14.2. The van der Waals surface area contributed by atoms with Crippen molar-refractivity contribution in [3.8, 4) is 5.88 Å². The van der Waals surface area contributed by atoms with Crippen LogP contribution in [0.25, 0.3) is 0 Å². The van der Waals surface area contributed by atoms with Crippen LogP contribution in [-0.2, 0) is 7.05 Å². The summed E-state index contributed by atoms with van der Waals surface area (Å²) >= 11 is 1.65. The highest BCUT2D eigenvalue weighted by Gasteiger charge is 2.17. The number of ether oxygens (including phenoxy) is 1. The van der Waals surface area contributed by atoms with Gasteiger partial charge in [0.2, 0.25) is 5.88 Å². The number of nitrogens with zero attached hydrogens (tertiary/aromatic N) is 3. The summed E-state index contributed by atoms with van der Waals surface area (Å²) in [5.41, 5.74) is 1.29. The Morgan fingerprint density at radius 3 is 2.82 bits per heavy atom. The van der Waals surface area contributed by atoms with Crippen molar-refractivity contribution in [3.05, 3.63) is 21.8 Å². The van der Waals surface area contributed by atoms with E-state index in [1.165, 1.54) is 4.88 Å². The van der Waals surface area contributed by atoms with Crippen LogP contribution in [-0.4, -0.2) is 34.5 Å². The second-order valence-electron chi connectivity index (χ2n) is 5.14. The van der Waals surface area contributed by atoms with Crippen LogP contribution in [0.15, 0.2) is 6.20 Å². The van der Waals surface area contributed by atoms with Crippen LogP contribution in [0.2, 0.25) is 0 Å². The fraction of sp³-hybridized carbons (Fsp3) is 0.500. The number of carbonyl (C=O) groups is 1. The number of aromatic nitrogens is 3. The summed E-state index contributed by atoms with van der Waals surface area (Å²) in [7, 11) is 3.31. The Morgan fingerprint density at radius 2 is 2.23 bits per heavy atom. The van der Waals surface area contributed by atoms with Gasteiger partial charge in [0.25, 0.3) is 0 Å². The van der Waals surface area contributed by atoms with E-state index in [-0.39, 0.29) is 11.9 Å². The number of amides is 2. The van der Waals surface area contributed by atoms with Crippen molar-refractivity contribution in [2.24, 2.45) is 7.05 Å². The van der Waals surface area contributed by atoms with E-state index in [1.807, 2.05) is 27.0 Å². The van der Waals surface area contributed by atoms with Crippen LogP contribution < -0.4 is 15.4 Å². The Morgan fingerprint density at radius 1 is 1.50 bits per heavy atom. The predicted molar refractivity (Wildman–Crippen MR) is 86.8 cm³/mol. The molecule has 0 aliphatic carbocycles. The fourth-order valence-electron chi connectivity index (χ4n) is 2.11. The molecule has 22 heavy (non-hydrogen) atoms. The first-order chi connectivity index (χ1) is 10.4. The Bertz CT molecular complexity index is 664. The first-order valence-corrected chi connectivity index (χ1v) is 7.78. The predicted octanol–water partition coefficient (Wildman–Crippen LogP) is 2.43. The minimum Gasteiger partial charge on any atom is -0.480 e. The molecule has 7 nitrogen and oxygen atoms in total. The lowest BCUT2D eigenvalue weighted by atomic mass is 10.2. The van der Waals surface area contributed by atoms with Gasteiger partial charge in [-0.3, -0.25) is 0 Å². The van der Waals surface area contributed by atoms with Crippen molar-refractivity contribution in [2.75, 3.05) is 19.0 Å². The summed E-state index contributed by atoms with van der Waals surface area (Å²) in [6.07, 6.45) is 1.85. The second kappa shape index (κ2) is 6.78. The number of hydrogen-bond donors (Lipinski definition) is 2. The molecule has 2 aromatic heterocycles. The molecule has 120 valence electrons. The van der Waals surface area contributed by atoms with Gasteiger partial charge < -0.3 is 15.4 Å². The number of thiazole rings is 1. The lowest BCUT2D eigenvalue weighted by molar-refractivity contribution is 0.251. The highest BCUT2D eigenvalue weighted by atomic mass is 32.1. The molecule has 0 fully saturated rings. The van der Waals surface area contributed by atoms with Gasteiger partial charge >= 0.3 is 6.03 Å². The molecule has 2 amide bonds. The third-order valence-corrected chi connectivity index (χ3v) is 4.38. The number of urea groups is 1. The smallest absolute Gasteiger partial charge is 0.319 e. The van der Waals surface area contributed by atoms with Crippen LogP contribution >= 0.6 is 11.3 Å². The largest absolute Gasteiger partial charge is 0.480 e. The van der Waals surface area contributed by atoms with E-state index in [2.05, 4.69) is 20.7 Å². The van der Waals surface area contributed by atoms with E-state index in [9.17, 15) is 4.79 Å². The molecule has 0 saturated carbocycles. The maximum absolute atomic E-state index is 12.1. The standard InChI is InChI=1S/C14H21N5O2S/c1-8(12-15-7-9(2)22-12)6-16-14(20)17-11-10(3)18-19(4)13(11)21-5/h7-8H,6H2,1-5H3,(H2,16,17,20)/t8-/m1/s1. The van der Waals surface area contributed by atoms with E-state index in [1.54, 1.807) is 30.2 Å². The van der Waals surface area contributed by atoms with Gasteiger partial charge in [-0.05, 0) is 13.8 Å². The topological polar surface area (TPSA) is 81.1 Å². The molecule has 0 unspecified atom stereocenters. The van der Waals surface area contributed by atoms with Gasteiger partial charge in [0.1, 0.15) is 5.69 Å². The minimum atomic E-state index is -0.283. The Labute approximate surface area is 133 Å². The summed E-state index contributed by atoms with van der Waals surface area (Å²) in [4.78, 5) is 17.6. The van der Waals surface area contributed by atoms with Crippen molar-refractivity contribution >= 4 is 23.1 Å². The molecule has 2 rings (SSSR count). The highest BCUT2D eigenvalue weighted by molar-refractivity contribution is 7.11. The SMILES string of the molecule is COc1c(NC(=O)NC[C@@H](C)c2ncc(C)s2)c(C)nn1C. The molecular formula is C14H21N5O2S. The number of rotatable bonds is 5. The summed E-state index contributed by atoms with van der Waals surface area (Å²) in [5.74, 6) is 0.692. The summed E-state index contributed by atoms with van der Waals surface area (Å²) in [6, 6.07) is -0.283. The first kappa shape index (κ1) is 16.3.